The number of H-pyrrole nitrogens is 1. The molecular formula is C16H19N3O. The first-order chi connectivity index (χ1) is 9.74. The summed E-state index contributed by atoms with van der Waals surface area (Å²) in [4.78, 5) is 18.5. The lowest BCUT2D eigenvalue weighted by atomic mass is 9.90. The molecule has 2 heterocycles. The molecule has 0 saturated heterocycles. The zero-order chi connectivity index (χ0) is 13.9. The van der Waals surface area contributed by atoms with E-state index in [2.05, 4.69) is 28.3 Å². The first kappa shape index (κ1) is 13.1. The summed E-state index contributed by atoms with van der Waals surface area (Å²) in [6.07, 6.45) is 6.85. The Bertz CT molecular complexity index is 636. The first-order valence-electron chi connectivity index (χ1n) is 7.12. The van der Waals surface area contributed by atoms with Gasteiger partial charge in [-0.25, -0.2) is 0 Å². The summed E-state index contributed by atoms with van der Waals surface area (Å²) in [5, 5.41) is 3.65. The maximum atomic E-state index is 11.4. The van der Waals surface area contributed by atoms with E-state index in [4.69, 9.17) is 0 Å². The van der Waals surface area contributed by atoms with Crippen molar-refractivity contribution in [3.05, 3.63) is 63.8 Å². The van der Waals surface area contributed by atoms with E-state index in [1.165, 1.54) is 11.1 Å². The van der Waals surface area contributed by atoms with Gasteiger partial charge in [0.1, 0.15) is 0 Å². The van der Waals surface area contributed by atoms with Gasteiger partial charge in [0, 0.05) is 36.2 Å². The van der Waals surface area contributed by atoms with Gasteiger partial charge in [-0.3, -0.25) is 9.78 Å². The van der Waals surface area contributed by atoms with Crippen molar-refractivity contribution in [2.75, 3.05) is 0 Å². The highest BCUT2D eigenvalue weighted by Gasteiger charge is 2.22. The molecule has 2 atom stereocenters. The summed E-state index contributed by atoms with van der Waals surface area (Å²) in [6.45, 7) is 2.15. The monoisotopic (exact) mass is 269 g/mol. The highest BCUT2D eigenvalue weighted by atomic mass is 16.1. The summed E-state index contributed by atoms with van der Waals surface area (Å²) < 4.78 is 0. The second-order valence-corrected chi connectivity index (χ2v) is 5.38. The normalized spacial score (nSPS) is 19.4. The van der Waals surface area contributed by atoms with Crippen LogP contribution in [0.3, 0.4) is 0 Å². The van der Waals surface area contributed by atoms with Gasteiger partial charge in [-0.15, -0.1) is 0 Å². The van der Waals surface area contributed by atoms with Crippen LogP contribution < -0.4 is 10.9 Å². The highest BCUT2D eigenvalue weighted by Crippen LogP contribution is 2.29. The number of rotatable bonds is 3. The number of pyridine rings is 2. The van der Waals surface area contributed by atoms with E-state index in [1.807, 2.05) is 18.3 Å². The Balaban J connectivity index is 1.81. The van der Waals surface area contributed by atoms with Crippen molar-refractivity contribution in [3.63, 3.8) is 0 Å². The Morgan fingerprint density at radius 3 is 3.10 bits per heavy atom. The third-order valence-electron chi connectivity index (χ3n) is 3.97. The Morgan fingerprint density at radius 1 is 1.40 bits per heavy atom. The summed E-state index contributed by atoms with van der Waals surface area (Å²) in [5.41, 5.74) is 3.49. The van der Waals surface area contributed by atoms with Gasteiger partial charge in [0.15, 0.2) is 0 Å². The fourth-order valence-corrected chi connectivity index (χ4v) is 2.90. The minimum Gasteiger partial charge on any atom is -0.326 e. The average Bonchev–Trinajstić information content (AvgIpc) is 2.48. The molecule has 0 amide bonds. The third-order valence-corrected chi connectivity index (χ3v) is 3.97. The van der Waals surface area contributed by atoms with Crippen LogP contribution in [0.1, 0.15) is 48.7 Å². The lowest BCUT2D eigenvalue weighted by molar-refractivity contribution is 0.411. The molecule has 104 valence electrons. The molecule has 1 unspecified atom stereocenters. The van der Waals surface area contributed by atoms with Gasteiger partial charge in [-0.2, -0.15) is 0 Å². The minimum absolute atomic E-state index is 0.00953. The Kier molecular flexibility index (Phi) is 3.65. The van der Waals surface area contributed by atoms with E-state index in [0.29, 0.717) is 6.04 Å². The topological polar surface area (TPSA) is 57.8 Å². The molecule has 0 spiro atoms. The van der Waals surface area contributed by atoms with Gasteiger partial charge in [-0.1, -0.05) is 12.1 Å². The van der Waals surface area contributed by atoms with Crippen molar-refractivity contribution in [1.29, 1.82) is 0 Å². The quantitative estimate of drug-likeness (QED) is 0.900. The minimum atomic E-state index is -0.00953. The largest absolute Gasteiger partial charge is 0.326 e. The maximum Gasteiger partial charge on any atom is 0.248 e. The standard InChI is InChI=1S/C16H19N3O/c1-11(12-4-3-9-17-10-12)18-14-5-2-6-15-13(14)7-8-16(20)19-15/h3-4,7-11,14,18H,2,5-6H2,1H3,(H,19,20)/t11-,14?/m0/s1. The van der Waals surface area contributed by atoms with Crippen molar-refractivity contribution in [3.8, 4) is 0 Å². The van der Waals surface area contributed by atoms with E-state index in [9.17, 15) is 4.79 Å². The van der Waals surface area contributed by atoms with Crippen LogP contribution in [0.5, 0.6) is 0 Å². The van der Waals surface area contributed by atoms with E-state index in [-0.39, 0.29) is 11.6 Å². The Morgan fingerprint density at radius 2 is 2.30 bits per heavy atom. The molecule has 1 aliphatic rings. The number of aryl methyl sites for hydroxylation is 1. The second kappa shape index (κ2) is 5.59. The molecule has 4 heteroatoms. The molecule has 2 aromatic rings. The zero-order valence-electron chi connectivity index (χ0n) is 11.6. The second-order valence-electron chi connectivity index (χ2n) is 5.38. The van der Waals surface area contributed by atoms with Crippen LogP contribution >= 0.6 is 0 Å². The third kappa shape index (κ3) is 2.65. The average molecular weight is 269 g/mol. The lowest BCUT2D eigenvalue weighted by Crippen LogP contribution is -2.29. The van der Waals surface area contributed by atoms with E-state index >= 15 is 0 Å². The van der Waals surface area contributed by atoms with Crippen molar-refractivity contribution >= 4 is 0 Å². The summed E-state index contributed by atoms with van der Waals surface area (Å²) in [6, 6.07) is 8.16. The van der Waals surface area contributed by atoms with Crippen molar-refractivity contribution in [2.24, 2.45) is 0 Å². The maximum absolute atomic E-state index is 11.4. The lowest BCUT2D eigenvalue weighted by Gasteiger charge is -2.29. The fraction of sp³-hybridized carbons (Fsp3) is 0.375. The molecule has 4 nitrogen and oxygen atoms in total. The van der Waals surface area contributed by atoms with Gasteiger partial charge < -0.3 is 10.3 Å². The van der Waals surface area contributed by atoms with Crippen LogP contribution in [0.4, 0.5) is 0 Å². The van der Waals surface area contributed by atoms with E-state index in [1.54, 1.807) is 12.3 Å². The molecule has 0 radical (unpaired) electrons. The number of fused-ring (bicyclic) bond motifs is 1. The van der Waals surface area contributed by atoms with Gasteiger partial charge in [0.05, 0.1) is 0 Å². The van der Waals surface area contributed by atoms with Crippen LogP contribution in [-0.2, 0) is 6.42 Å². The predicted molar refractivity (Wildman–Crippen MR) is 78.5 cm³/mol. The fourth-order valence-electron chi connectivity index (χ4n) is 2.90. The Labute approximate surface area is 118 Å². The SMILES string of the molecule is C[C@H](NC1CCCc2[nH]c(=O)ccc21)c1cccnc1. The molecule has 0 aromatic carbocycles. The Hall–Kier alpha value is -1.94. The molecule has 20 heavy (non-hydrogen) atoms. The summed E-state index contributed by atoms with van der Waals surface area (Å²) >= 11 is 0. The van der Waals surface area contributed by atoms with E-state index < -0.39 is 0 Å². The van der Waals surface area contributed by atoms with Crippen LogP contribution in [0.2, 0.25) is 0 Å². The van der Waals surface area contributed by atoms with Crippen molar-refractivity contribution < 1.29 is 0 Å². The van der Waals surface area contributed by atoms with Crippen molar-refractivity contribution in [1.82, 2.24) is 15.3 Å². The summed E-state index contributed by atoms with van der Waals surface area (Å²) in [5.74, 6) is 0. The summed E-state index contributed by atoms with van der Waals surface area (Å²) in [7, 11) is 0. The zero-order valence-corrected chi connectivity index (χ0v) is 11.6. The van der Waals surface area contributed by atoms with Gasteiger partial charge >= 0.3 is 0 Å². The number of hydrogen-bond donors (Lipinski definition) is 2. The number of aromatic amines is 1. The molecule has 0 aliphatic heterocycles. The first-order valence-corrected chi connectivity index (χ1v) is 7.12. The molecule has 2 N–H and O–H groups in total. The molecule has 0 saturated carbocycles. The molecular weight excluding hydrogens is 250 g/mol. The number of hydrogen-bond acceptors (Lipinski definition) is 3. The molecule has 1 aliphatic carbocycles. The van der Waals surface area contributed by atoms with Crippen molar-refractivity contribution in [2.45, 2.75) is 38.3 Å². The number of nitrogens with zero attached hydrogens (tertiary/aromatic N) is 1. The van der Waals surface area contributed by atoms with Gasteiger partial charge in [-0.05, 0) is 43.4 Å². The van der Waals surface area contributed by atoms with Crippen LogP contribution in [-0.4, -0.2) is 9.97 Å². The highest BCUT2D eigenvalue weighted by molar-refractivity contribution is 5.27. The number of nitrogens with one attached hydrogen (secondary N) is 2. The van der Waals surface area contributed by atoms with Crippen LogP contribution in [0.25, 0.3) is 0 Å². The van der Waals surface area contributed by atoms with Gasteiger partial charge in [0.2, 0.25) is 5.56 Å². The number of aromatic nitrogens is 2. The van der Waals surface area contributed by atoms with Crippen LogP contribution in [0, 0.1) is 0 Å². The van der Waals surface area contributed by atoms with E-state index in [0.717, 1.165) is 25.0 Å². The predicted octanol–water partition coefficient (Wildman–Crippen LogP) is 2.50. The van der Waals surface area contributed by atoms with Gasteiger partial charge in [0.25, 0.3) is 0 Å². The molecule has 2 aromatic heterocycles. The molecule has 0 bridgehead atoms. The van der Waals surface area contributed by atoms with Crippen LogP contribution in [0.15, 0.2) is 41.5 Å². The smallest absolute Gasteiger partial charge is 0.248 e. The molecule has 0 fully saturated rings. The molecule has 3 rings (SSSR count).